The first-order valence-electron chi connectivity index (χ1n) is 25.2. The Labute approximate surface area is 472 Å². The number of hydrogen-bond donors (Lipinski definition) is 4. The van der Waals surface area contributed by atoms with Gasteiger partial charge in [0, 0.05) is 31.0 Å². The van der Waals surface area contributed by atoms with Crippen LogP contribution in [0.2, 0.25) is 0 Å². The normalized spacial score (nSPS) is 16.0. The number of ether oxygens (including phenoxy) is 2. The predicted molar refractivity (Wildman–Crippen MR) is 279 cm³/mol. The lowest BCUT2D eigenvalue weighted by atomic mass is 9.92. The molecule has 0 aromatic heterocycles. The van der Waals surface area contributed by atoms with Gasteiger partial charge in [0.25, 0.3) is 0 Å². The van der Waals surface area contributed by atoms with Crippen molar-refractivity contribution in [3.05, 3.63) is 153 Å². The van der Waals surface area contributed by atoms with Crippen molar-refractivity contribution in [1.82, 2.24) is 31.1 Å². The molecule has 4 N–H and O–H groups in total. The number of guanidine groups is 1. The molecule has 7 amide bonds. The Kier molecular flexibility index (Phi) is 20.2. The van der Waals surface area contributed by atoms with Gasteiger partial charge in [0.05, 0.1) is 88.8 Å². The second-order valence-electron chi connectivity index (χ2n) is 18.1. The number of carbonyl (C=O) groups excluding carboxylic acids is 7. The number of nitriles is 2. The fraction of sp³-hybridized carbons (Fsp3) is 0.309. The van der Waals surface area contributed by atoms with Gasteiger partial charge in [-0.1, -0.05) is 36.4 Å². The number of anilines is 2. The smallest absolute Gasteiger partial charge is 0.463 e. The molecule has 84 heavy (non-hydrogen) atoms. The van der Waals surface area contributed by atoms with Gasteiger partial charge in [-0.2, -0.15) is 50.0 Å². The standard InChI is InChI=1S/C55H50F9N11O9/c1-5-83-47(78)43-31(3)74(39-11-7-9-37(25-39)53(56,57)58)51(81)72(45(43)35-17-13-33(27-65)14-18-35)29-41(76)67-21-23-69-50(71-49(80)55(62,63)64)70-24-22-68-42(77)30-73-46(36-19-15-34(28-66)16-20-36)44(48(79)84-6-2)32(4)75(52(73)82)40-12-8-10-38(26-40)54(59,60)61/h7-20,25-26,45-46H,5-6,21-24,29-30H2,1-4H3,(H,67,76)(H,68,77)(H2,69,70,71,80)/t45-,46-/m1/s1. The zero-order valence-corrected chi connectivity index (χ0v) is 44.8. The number of nitrogens with zero attached hydrogens (tertiary/aromatic N) is 7. The van der Waals surface area contributed by atoms with E-state index in [9.17, 15) is 83.6 Å². The van der Waals surface area contributed by atoms with Gasteiger partial charge >= 0.3 is 48.4 Å². The Bertz CT molecular complexity index is 3370. The highest BCUT2D eigenvalue weighted by Crippen LogP contribution is 2.43. The maximum Gasteiger partial charge on any atom is 0.471 e. The molecule has 2 atom stereocenters. The number of hydrogen-bond acceptors (Lipinski definition) is 12. The van der Waals surface area contributed by atoms with E-state index < -0.39 is 129 Å². The van der Waals surface area contributed by atoms with Crippen molar-refractivity contribution in [2.24, 2.45) is 4.99 Å². The Morgan fingerprint density at radius 1 is 0.583 bits per heavy atom. The molecule has 2 heterocycles. The van der Waals surface area contributed by atoms with Crippen LogP contribution in [0.15, 0.2) is 125 Å². The van der Waals surface area contributed by atoms with E-state index >= 15 is 0 Å². The quantitative estimate of drug-likeness (QED) is 0.0246. The van der Waals surface area contributed by atoms with E-state index in [4.69, 9.17) is 9.47 Å². The number of esters is 2. The maximum absolute atomic E-state index is 14.5. The molecule has 0 bridgehead atoms. The van der Waals surface area contributed by atoms with Crippen molar-refractivity contribution in [3.8, 4) is 12.1 Å². The summed E-state index contributed by atoms with van der Waals surface area (Å²) in [6.45, 7) is 1.18. The molecule has 0 unspecified atom stereocenters. The summed E-state index contributed by atoms with van der Waals surface area (Å²) in [7, 11) is 0. The molecule has 2 aliphatic rings. The van der Waals surface area contributed by atoms with Crippen LogP contribution in [0.1, 0.15) is 73.2 Å². The second-order valence-corrected chi connectivity index (χ2v) is 18.1. The molecule has 442 valence electrons. The fourth-order valence-electron chi connectivity index (χ4n) is 8.88. The second kappa shape index (κ2) is 26.8. The number of nitrogens with one attached hydrogen (secondary N) is 4. The number of rotatable bonds is 18. The SMILES string of the molecule is CCOC(=O)C1=C(C)N(c2cccc(C(F)(F)F)c2)C(=O)N(CC(=O)NCC/N=C(/NCCNC(=O)CN2C(=O)N(c3cccc(C(F)(F)F)c3)C(C)=C(C(=O)OCC)[C@H]2c2ccc(C#N)cc2)NC(=O)C(F)(F)F)[C@@H]1c1ccc(C#N)cc1. The predicted octanol–water partition coefficient (Wildman–Crippen LogP) is 7.67. The Hall–Kier alpha value is -9.93. The van der Waals surface area contributed by atoms with Gasteiger partial charge in [-0.05, 0) is 99.5 Å². The Balaban J connectivity index is 1.21. The van der Waals surface area contributed by atoms with Gasteiger partial charge in [0.1, 0.15) is 13.1 Å². The van der Waals surface area contributed by atoms with Gasteiger partial charge in [-0.3, -0.25) is 34.5 Å². The van der Waals surface area contributed by atoms with Crippen LogP contribution in [-0.4, -0.2) is 116 Å². The molecule has 0 fully saturated rings. The van der Waals surface area contributed by atoms with Crippen LogP contribution in [0.5, 0.6) is 0 Å². The van der Waals surface area contributed by atoms with Crippen molar-refractivity contribution in [2.45, 2.75) is 58.3 Å². The number of aliphatic imine (C=N–C) groups is 1. The first-order chi connectivity index (χ1) is 39.6. The molecule has 0 radical (unpaired) electrons. The first-order valence-corrected chi connectivity index (χ1v) is 25.2. The summed E-state index contributed by atoms with van der Waals surface area (Å²) < 4.78 is 135. The van der Waals surface area contributed by atoms with Crippen LogP contribution >= 0.6 is 0 Å². The van der Waals surface area contributed by atoms with E-state index in [1.165, 1.54) is 81.5 Å². The van der Waals surface area contributed by atoms with Crippen molar-refractivity contribution >= 4 is 59.1 Å². The molecular weight excluding hydrogens is 1130 g/mol. The average Bonchev–Trinajstić information content (AvgIpc) is 1.11. The third kappa shape index (κ3) is 14.9. The van der Waals surface area contributed by atoms with E-state index in [2.05, 4.69) is 20.9 Å². The third-order valence-electron chi connectivity index (χ3n) is 12.6. The molecule has 29 heteroatoms. The van der Waals surface area contributed by atoms with Gasteiger partial charge in [-0.25, -0.2) is 19.2 Å². The van der Waals surface area contributed by atoms with E-state index in [0.717, 1.165) is 56.0 Å². The molecule has 20 nitrogen and oxygen atoms in total. The third-order valence-corrected chi connectivity index (χ3v) is 12.6. The van der Waals surface area contributed by atoms with E-state index in [1.54, 1.807) is 0 Å². The number of benzene rings is 4. The lowest BCUT2D eigenvalue weighted by molar-refractivity contribution is -0.171. The van der Waals surface area contributed by atoms with Gasteiger partial charge in [0.15, 0.2) is 5.96 Å². The minimum Gasteiger partial charge on any atom is -0.463 e. The van der Waals surface area contributed by atoms with E-state index in [-0.39, 0.29) is 69.4 Å². The number of urea groups is 2. The monoisotopic (exact) mass is 1180 g/mol. The summed E-state index contributed by atoms with van der Waals surface area (Å²) in [5.74, 6) is -7.35. The summed E-state index contributed by atoms with van der Waals surface area (Å²) in [5, 5.41) is 27.6. The zero-order valence-electron chi connectivity index (χ0n) is 44.8. The van der Waals surface area contributed by atoms with Crippen LogP contribution in [-0.2, 0) is 45.8 Å². The largest absolute Gasteiger partial charge is 0.471 e. The van der Waals surface area contributed by atoms with Crippen LogP contribution in [0.25, 0.3) is 0 Å². The molecule has 4 aromatic carbocycles. The molecule has 2 aliphatic heterocycles. The summed E-state index contributed by atoms with van der Waals surface area (Å²) in [4.78, 5) is 103. The highest BCUT2D eigenvalue weighted by Gasteiger charge is 2.47. The highest BCUT2D eigenvalue weighted by molar-refractivity contribution is 6.06. The van der Waals surface area contributed by atoms with Crippen LogP contribution < -0.4 is 31.1 Å². The van der Waals surface area contributed by atoms with Crippen molar-refractivity contribution < 1.29 is 82.5 Å². The van der Waals surface area contributed by atoms with Crippen LogP contribution in [0.3, 0.4) is 0 Å². The number of allylic oxidation sites excluding steroid dienone is 2. The molecule has 0 spiro atoms. The number of amides is 7. The maximum atomic E-state index is 14.5. The summed E-state index contributed by atoms with van der Waals surface area (Å²) >= 11 is 0. The zero-order chi connectivity index (χ0) is 61.8. The molecule has 0 saturated heterocycles. The van der Waals surface area contributed by atoms with Crippen LogP contribution in [0.4, 0.5) is 60.5 Å². The highest BCUT2D eigenvalue weighted by atomic mass is 19.4. The van der Waals surface area contributed by atoms with Crippen molar-refractivity contribution in [3.63, 3.8) is 0 Å². The summed E-state index contributed by atoms with van der Waals surface area (Å²) in [6.07, 6.45) is -15.2. The Morgan fingerprint density at radius 2 is 0.976 bits per heavy atom. The lowest BCUT2D eigenvalue weighted by Crippen LogP contribution is -2.54. The summed E-state index contributed by atoms with van der Waals surface area (Å²) in [5.41, 5.74) is -3.21. The lowest BCUT2D eigenvalue weighted by Gasteiger charge is -2.42. The summed E-state index contributed by atoms with van der Waals surface area (Å²) in [6, 6.07) is 16.8. The average molecular weight is 1180 g/mol. The van der Waals surface area contributed by atoms with Gasteiger partial charge < -0.3 is 35.2 Å². The molecule has 6 rings (SSSR count). The van der Waals surface area contributed by atoms with E-state index in [0.29, 0.717) is 12.1 Å². The van der Waals surface area contributed by atoms with Crippen molar-refractivity contribution in [1.29, 1.82) is 10.5 Å². The molecule has 4 aromatic rings. The molecular formula is C55H50F9N11O9. The number of alkyl halides is 9. The van der Waals surface area contributed by atoms with Crippen LogP contribution in [0, 0.1) is 22.7 Å². The fourth-order valence-corrected chi connectivity index (χ4v) is 8.88. The number of halogens is 9. The topological polar surface area (TPSA) is 259 Å². The molecule has 0 saturated carbocycles. The van der Waals surface area contributed by atoms with E-state index in [1.807, 2.05) is 12.1 Å². The Morgan fingerprint density at radius 3 is 1.35 bits per heavy atom. The minimum absolute atomic E-state index is 0.161. The van der Waals surface area contributed by atoms with Crippen molar-refractivity contribution in [2.75, 3.05) is 62.3 Å². The first kappa shape index (κ1) is 63.3. The molecule has 0 aliphatic carbocycles. The minimum atomic E-state index is -5.46. The van der Waals surface area contributed by atoms with Gasteiger partial charge in [-0.15, -0.1) is 0 Å². The van der Waals surface area contributed by atoms with Gasteiger partial charge in [0.2, 0.25) is 11.8 Å². The number of carbonyl (C=O) groups is 7.